The third-order valence-electron chi connectivity index (χ3n) is 5.56. The summed E-state index contributed by atoms with van der Waals surface area (Å²) >= 11 is 1.06. The van der Waals surface area contributed by atoms with Crippen molar-refractivity contribution in [3.8, 4) is 23.2 Å². The molecular formula is C24H21F2N7O5S. The number of aryl methyl sites for hydroxylation is 1. The highest BCUT2D eigenvalue weighted by atomic mass is 32.1. The molecule has 1 aliphatic heterocycles. The summed E-state index contributed by atoms with van der Waals surface area (Å²) in [5, 5.41) is 45.9. The Bertz CT molecular complexity index is 1530. The number of aliphatic hydroxyl groups is 3. The summed E-state index contributed by atoms with van der Waals surface area (Å²) in [6.07, 6.45) is 0.436. The SMILES string of the molecule is Cn1ccc(-c2cc(C3=CC(C(F)F)NC=C3OC(O)(O)O)c(C(=O)Nc3nnc(C#CC4CC4)s3)cn2)n1. The summed E-state index contributed by atoms with van der Waals surface area (Å²) < 4.78 is 33.6. The van der Waals surface area contributed by atoms with Crippen LogP contribution in [-0.2, 0) is 11.8 Å². The topological polar surface area (TPSA) is 168 Å². The lowest BCUT2D eigenvalue weighted by Crippen LogP contribution is -2.36. The van der Waals surface area contributed by atoms with E-state index in [1.54, 1.807) is 19.3 Å². The number of halogens is 2. The molecule has 3 aromatic heterocycles. The third-order valence-corrected chi connectivity index (χ3v) is 6.31. The van der Waals surface area contributed by atoms with Crippen molar-refractivity contribution in [1.29, 1.82) is 0 Å². The van der Waals surface area contributed by atoms with E-state index in [0.29, 0.717) is 16.6 Å². The lowest BCUT2D eigenvalue weighted by Gasteiger charge is -2.27. The van der Waals surface area contributed by atoms with Gasteiger partial charge in [0.25, 0.3) is 12.3 Å². The molecule has 0 spiro atoms. The molecule has 1 fully saturated rings. The number of amides is 1. The molecule has 1 amide bonds. The summed E-state index contributed by atoms with van der Waals surface area (Å²) in [7, 11) is 1.69. The van der Waals surface area contributed by atoms with E-state index >= 15 is 0 Å². The molecule has 1 atom stereocenters. The lowest BCUT2D eigenvalue weighted by atomic mass is 9.94. The Balaban J connectivity index is 1.54. The fraction of sp³-hybridized carbons (Fsp3) is 0.292. The second-order valence-corrected chi connectivity index (χ2v) is 9.67. The van der Waals surface area contributed by atoms with Crippen LogP contribution in [0.15, 0.2) is 42.6 Å². The van der Waals surface area contributed by atoms with E-state index in [1.165, 1.54) is 16.9 Å². The van der Waals surface area contributed by atoms with Gasteiger partial charge in [-0.15, -0.1) is 10.2 Å². The predicted octanol–water partition coefficient (Wildman–Crippen LogP) is 1.41. The molecular weight excluding hydrogens is 536 g/mol. The van der Waals surface area contributed by atoms with Crippen molar-refractivity contribution in [2.24, 2.45) is 13.0 Å². The molecule has 3 aromatic rings. The molecule has 1 aliphatic carbocycles. The van der Waals surface area contributed by atoms with Gasteiger partial charge in [-0.25, -0.2) is 8.78 Å². The van der Waals surface area contributed by atoms with Crippen molar-refractivity contribution in [2.75, 3.05) is 5.32 Å². The Labute approximate surface area is 223 Å². The number of carbonyl (C=O) groups is 1. The van der Waals surface area contributed by atoms with Gasteiger partial charge >= 0.3 is 6.16 Å². The number of hydrogen-bond acceptors (Lipinski definition) is 11. The zero-order valence-electron chi connectivity index (χ0n) is 20.2. The van der Waals surface area contributed by atoms with E-state index in [2.05, 4.69) is 42.8 Å². The van der Waals surface area contributed by atoms with Crippen LogP contribution in [0.2, 0.25) is 0 Å². The van der Waals surface area contributed by atoms with Gasteiger partial charge in [-0.3, -0.25) is 19.8 Å². The zero-order valence-corrected chi connectivity index (χ0v) is 21.0. The monoisotopic (exact) mass is 557 g/mol. The van der Waals surface area contributed by atoms with Gasteiger partial charge in [0.1, 0.15) is 11.7 Å². The number of nitrogens with zero attached hydrogens (tertiary/aromatic N) is 5. The first-order valence-electron chi connectivity index (χ1n) is 11.6. The van der Waals surface area contributed by atoms with Crippen LogP contribution in [0.4, 0.5) is 13.9 Å². The molecule has 5 rings (SSSR count). The lowest BCUT2D eigenvalue weighted by molar-refractivity contribution is -0.440. The number of rotatable bonds is 7. The molecule has 5 N–H and O–H groups in total. The van der Waals surface area contributed by atoms with E-state index < -0.39 is 30.3 Å². The number of nitrogens with one attached hydrogen (secondary N) is 2. The second kappa shape index (κ2) is 10.5. The maximum absolute atomic E-state index is 13.6. The molecule has 1 saturated carbocycles. The normalized spacial score (nSPS) is 17.1. The molecule has 15 heteroatoms. The first-order valence-corrected chi connectivity index (χ1v) is 12.4. The van der Waals surface area contributed by atoms with Crippen molar-refractivity contribution in [1.82, 2.24) is 30.3 Å². The van der Waals surface area contributed by atoms with Gasteiger partial charge in [0, 0.05) is 42.7 Å². The van der Waals surface area contributed by atoms with Crippen LogP contribution >= 0.6 is 11.3 Å². The molecule has 0 aromatic carbocycles. The van der Waals surface area contributed by atoms with Gasteiger partial charge in [0.15, 0.2) is 10.8 Å². The Morgan fingerprint density at radius 2 is 2.10 bits per heavy atom. The summed E-state index contributed by atoms with van der Waals surface area (Å²) in [6, 6.07) is 1.55. The largest absolute Gasteiger partial charge is 0.453 e. The summed E-state index contributed by atoms with van der Waals surface area (Å²) in [6.45, 7) is 0. The van der Waals surface area contributed by atoms with Crippen LogP contribution in [0.1, 0.15) is 33.8 Å². The average Bonchev–Trinajstić information content (AvgIpc) is 3.44. The molecule has 0 radical (unpaired) electrons. The Hall–Kier alpha value is -4.23. The zero-order chi connectivity index (χ0) is 27.7. The number of alkyl halides is 2. The number of allylic oxidation sites excluding steroid dienone is 1. The fourth-order valence-corrected chi connectivity index (χ4v) is 4.19. The van der Waals surface area contributed by atoms with Crippen molar-refractivity contribution < 1.29 is 33.6 Å². The predicted molar refractivity (Wildman–Crippen MR) is 133 cm³/mol. The third kappa shape index (κ3) is 6.44. The smallest absolute Gasteiger partial charge is 0.415 e. The van der Waals surface area contributed by atoms with Crippen LogP contribution in [0, 0.1) is 17.8 Å². The van der Waals surface area contributed by atoms with Crippen molar-refractivity contribution in [3.63, 3.8) is 0 Å². The van der Waals surface area contributed by atoms with Crippen LogP contribution in [0.25, 0.3) is 17.0 Å². The first kappa shape index (κ1) is 26.4. The molecule has 39 heavy (non-hydrogen) atoms. The minimum atomic E-state index is -3.63. The standard InChI is InChI=1S/C24H21F2N7O5S/c1-33-7-6-16(32-33)17-8-13(14-9-18(21(25)26)28-11-19(14)38-24(35,36)37)15(10-27-17)22(34)29-23-31-30-20(39-23)5-4-12-2-3-12/h6-12,18,21,28,35-37H,2-3H2,1H3,(H,29,31,34). The van der Waals surface area contributed by atoms with Gasteiger partial charge < -0.3 is 25.4 Å². The van der Waals surface area contributed by atoms with Gasteiger partial charge in [-0.05, 0) is 37.0 Å². The average molecular weight is 558 g/mol. The molecule has 202 valence electrons. The number of dihydropyridines is 1. The Morgan fingerprint density at radius 1 is 1.31 bits per heavy atom. The van der Waals surface area contributed by atoms with Gasteiger partial charge in [-0.1, -0.05) is 17.3 Å². The van der Waals surface area contributed by atoms with E-state index in [9.17, 15) is 28.9 Å². The maximum atomic E-state index is 13.6. The van der Waals surface area contributed by atoms with Gasteiger partial charge in [0.05, 0.1) is 11.3 Å². The first-order chi connectivity index (χ1) is 18.6. The van der Waals surface area contributed by atoms with Gasteiger partial charge in [0.2, 0.25) is 5.13 Å². The summed E-state index contributed by atoms with van der Waals surface area (Å²) in [5.74, 6) is 5.18. The molecule has 4 heterocycles. The fourth-order valence-electron chi connectivity index (χ4n) is 3.59. The van der Waals surface area contributed by atoms with E-state index in [0.717, 1.165) is 36.5 Å². The summed E-state index contributed by atoms with van der Waals surface area (Å²) in [5.41, 5.74) is 0.500. The van der Waals surface area contributed by atoms with E-state index in [4.69, 9.17) is 4.74 Å². The molecule has 1 unspecified atom stereocenters. The minimum absolute atomic E-state index is 0.0315. The molecule has 2 aliphatic rings. The summed E-state index contributed by atoms with van der Waals surface area (Å²) in [4.78, 5) is 17.7. The van der Waals surface area contributed by atoms with Gasteiger partial charge in [-0.2, -0.15) is 5.10 Å². The van der Waals surface area contributed by atoms with Crippen LogP contribution in [0.5, 0.6) is 0 Å². The van der Waals surface area contributed by atoms with Crippen LogP contribution in [0.3, 0.4) is 0 Å². The Kier molecular flexibility index (Phi) is 7.10. The molecule has 0 saturated heterocycles. The highest BCUT2D eigenvalue weighted by Gasteiger charge is 2.32. The second-order valence-electron chi connectivity index (χ2n) is 8.69. The van der Waals surface area contributed by atoms with Crippen LogP contribution in [-0.4, -0.2) is 64.8 Å². The number of ether oxygens (including phenoxy) is 1. The van der Waals surface area contributed by atoms with Crippen molar-refractivity contribution in [2.45, 2.75) is 31.5 Å². The van der Waals surface area contributed by atoms with E-state index in [-0.39, 0.29) is 27.5 Å². The molecule has 12 nitrogen and oxygen atoms in total. The maximum Gasteiger partial charge on any atom is 0.453 e. The molecule has 0 bridgehead atoms. The Morgan fingerprint density at radius 3 is 2.77 bits per heavy atom. The minimum Gasteiger partial charge on any atom is -0.415 e. The number of pyridine rings is 1. The van der Waals surface area contributed by atoms with Crippen molar-refractivity contribution in [3.05, 3.63) is 58.7 Å². The number of hydrogen-bond donors (Lipinski definition) is 5. The van der Waals surface area contributed by atoms with E-state index in [1.807, 2.05) is 0 Å². The number of carbonyl (C=O) groups excluding carboxylic acids is 1. The number of anilines is 1. The highest BCUT2D eigenvalue weighted by molar-refractivity contribution is 7.15. The quantitative estimate of drug-likeness (QED) is 0.212. The number of aromatic nitrogens is 5. The van der Waals surface area contributed by atoms with Crippen molar-refractivity contribution >= 4 is 27.9 Å². The van der Waals surface area contributed by atoms with Crippen LogP contribution < -0.4 is 10.6 Å². The highest BCUT2D eigenvalue weighted by Crippen LogP contribution is 2.34.